The zero-order chi connectivity index (χ0) is 23.7. The van der Waals surface area contributed by atoms with Crippen LogP contribution in [0, 0.1) is 5.82 Å². The monoisotopic (exact) mass is 462 g/mol. The molecule has 1 aliphatic heterocycles. The van der Waals surface area contributed by atoms with E-state index < -0.39 is 24.3 Å². The molecule has 0 saturated carbocycles. The average Bonchev–Trinajstić information content (AvgIpc) is 3.46. The molecule has 4 aromatic rings. The number of carbonyl (C=O) groups is 1. The zero-order valence-electron chi connectivity index (χ0n) is 18.4. The van der Waals surface area contributed by atoms with Crippen LogP contribution in [0.15, 0.2) is 60.9 Å². The van der Waals surface area contributed by atoms with Crippen molar-refractivity contribution >= 4 is 22.9 Å². The van der Waals surface area contributed by atoms with Gasteiger partial charge in [0, 0.05) is 25.6 Å². The van der Waals surface area contributed by atoms with Crippen LogP contribution in [0.3, 0.4) is 0 Å². The van der Waals surface area contributed by atoms with Crippen molar-refractivity contribution in [3.63, 3.8) is 0 Å². The van der Waals surface area contributed by atoms with E-state index in [1.807, 2.05) is 30.3 Å². The molecule has 0 spiro atoms. The number of nitrogens with zero attached hydrogens (tertiary/aromatic N) is 4. The Hall–Kier alpha value is -3.89. The minimum atomic E-state index is -0.985. The van der Waals surface area contributed by atoms with E-state index in [4.69, 9.17) is 4.74 Å². The highest BCUT2D eigenvalue weighted by Crippen LogP contribution is 2.33. The number of nitrogens with one attached hydrogen (secondary N) is 2. The molecule has 10 heteroatoms. The number of aromatic nitrogens is 4. The predicted molar refractivity (Wildman–Crippen MR) is 123 cm³/mol. The number of aliphatic hydroxyl groups excluding tert-OH is 1. The van der Waals surface area contributed by atoms with E-state index in [0.29, 0.717) is 34.9 Å². The van der Waals surface area contributed by atoms with Crippen molar-refractivity contribution < 1.29 is 19.0 Å². The second-order valence-electron chi connectivity index (χ2n) is 7.99. The lowest BCUT2D eigenvalue weighted by atomic mass is 10.1. The number of amides is 1. The maximum Gasteiger partial charge on any atom is 0.251 e. The molecule has 3 N–H and O–H groups in total. The smallest absolute Gasteiger partial charge is 0.251 e. The van der Waals surface area contributed by atoms with Gasteiger partial charge in [-0.15, -0.1) is 0 Å². The Morgan fingerprint density at radius 1 is 1.18 bits per heavy atom. The molecule has 1 fully saturated rings. The molecule has 2 aromatic heterocycles. The number of aliphatic hydroxyl groups is 1. The van der Waals surface area contributed by atoms with Crippen molar-refractivity contribution in [1.29, 1.82) is 0 Å². The number of likely N-dealkylation sites (N-methyl/N-ethyl adjacent to an activating group) is 1. The van der Waals surface area contributed by atoms with Gasteiger partial charge in [0.15, 0.2) is 28.9 Å². The van der Waals surface area contributed by atoms with Gasteiger partial charge in [0.1, 0.15) is 12.0 Å². The first-order chi connectivity index (χ1) is 16.5. The average molecular weight is 462 g/mol. The maximum absolute atomic E-state index is 13.5. The van der Waals surface area contributed by atoms with Gasteiger partial charge in [-0.25, -0.2) is 19.3 Å². The summed E-state index contributed by atoms with van der Waals surface area (Å²) in [5.74, 6) is 0.136. The summed E-state index contributed by atoms with van der Waals surface area (Å²) in [6.45, 7) is 0.514. The standard InChI is InChI=1S/C24H23FN6O3/c1-26-24(33)20-17(32)11-18(34-20)31-13-28-19-22(27-12-14-5-3-2-4-6-14)29-21(30-23(19)31)15-7-9-16(25)10-8-15/h2-10,13,17-18,20,32H,11-12H2,1H3,(H,26,33)(H,27,29,30)/t17-,18+,20-/m0/s1. The third kappa shape index (κ3) is 4.20. The van der Waals surface area contributed by atoms with Crippen molar-refractivity contribution in [2.24, 2.45) is 0 Å². The maximum atomic E-state index is 13.5. The molecule has 3 atom stereocenters. The molecule has 9 nitrogen and oxygen atoms in total. The Labute approximate surface area is 194 Å². The van der Waals surface area contributed by atoms with Crippen LogP contribution >= 0.6 is 0 Å². The van der Waals surface area contributed by atoms with Crippen LogP contribution in [0.4, 0.5) is 10.2 Å². The Morgan fingerprint density at radius 2 is 1.94 bits per heavy atom. The first-order valence-corrected chi connectivity index (χ1v) is 10.9. The molecule has 0 aliphatic carbocycles. The number of anilines is 1. The van der Waals surface area contributed by atoms with Gasteiger partial charge in [-0.05, 0) is 29.8 Å². The number of ether oxygens (including phenoxy) is 1. The first-order valence-electron chi connectivity index (χ1n) is 10.9. The van der Waals surface area contributed by atoms with E-state index in [1.165, 1.54) is 19.2 Å². The molecule has 2 aromatic carbocycles. The van der Waals surface area contributed by atoms with E-state index in [0.717, 1.165) is 5.56 Å². The van der Waals surface area contributed by atoms with Gasteiger partial charge < -0.3 is 20.5 Å². The van der Waals surface area contributed by atoms with Gasteiger partial charge in [-0.3, -0.25) is 9.36 Å². The van der Waals surface area contributed by atoms with Crippen LogP contribution in [0.1, 0.15) is 18.2 Å². The second-order valence-corrected chi connectivity index (χ2v) is 7.99. The van der Waals surface area contributed by atoms with E-state index >= 15 is 0 Å². The first kappa shape index (κ1) is 21.9. The Bertz CT molecular complexity index is 1310. The van der Waals surface area contributed by atoms with Crippen molar-refractivity contribution in [2.75, 3.05) is 12.4 Å². The normalized spacial score (nSPS) is 19.9. The molecular formula is C24H23FN6O3. The Morgan fingerprint density at radius 3 is 2.68 bits per heavy atom. The van der Waals surface area contributed by atoms with Crippen LogP contribution in [0.25, 0.3) is 22.6 Å². The molecule has 0 bridgehead atoms. The largest absolute Gasteiger partial charge is 0.390 e. The highest BCUT2D eigenvalue weighted by atomic mass is 19.1. The summed E-state index contributed by atoms with van der Waals surface area (Å²) in [5, 5.41) is 16.2. The summed E-state index contributed by atoms with van der Waals surface area (Å²) in [6, 6.07) is 15.8. The number of benzene rings is 2. The van der Waals surface area contributed by atoms with E-state index in [-0.39, 0.29) is 12.2 Å². The minimum Gasteiger partial charge on any atom is -0.390 e. The molecule has 174 valence electrons. The number of halogens is 1. The number of fused-ring (bicyclic) bond motifs is 1. The molecule has 0 radical (unpaired) electrons. The van der Waals surface area contributed by atoms with Gasteiger partial charge in [-0.2, -0.15) is 0 Å². The van der Waals surface area contributed by atoms with Crippen molar-refractivity contribution in [3.05, 3.63) is 72.3 Å². The molecule has 1 aliphatic rings. The summed E-state index contributed by atoms with van der Waals surface area (Å²) in [6.07, 6.45) is -0.824. The Balaban J connectivity index is 1.55. The number of carbonyl (C=O) groups excluding carboxylic acids is 1. The van der Waals surface area contributed by atoms with Gasteiger partial charge in [-0.1, -0.05) is 30.3 Å². The lowest BCUT2D eigenvalue weighted by Crippen LogP contribution is -2.38. The third-order valence-electron chi connectivity index (χ3n) is 5.74. The summed E-state index contributed by atoms with van der Waals surface area (Å²) < 4.78 is 21.0. The van der Waals surface area contributed by atoms with E-state index in [2.05, 4.69) is 25.6 Å². The summed E-state index contributed by atoms with van der Waals surface area (Å²) >= 11 is 0. The number of hydrogen-bond acceptors (Lipinski definition) is 7. The van der Waals surface area contributed by atoms with Crippen LogP contribution in [-0.4, -0.2) is 49.8 Å². The summed E-state index contributed by atoms with van der Waals surface area (Å²) in [7, 11) is 1.49. The van der Waals surface area contributed by atoms with Gasteiger partial charge >= 0.3 is 0 Å². The van der Waals surface area contributed by atoms with Crippen LogP contribution in [-0.2, 0) is 16.1 Å². The fourth-order valence-corrected chi connectivity index (χ4v) is 3.96. The van der Waals surface area contributed by atoms with Crippen molar-refractivity contribution in [1.82, 2.24) is 24.8 Å². The summed E-state index contributed by atoms with van der Waals surface area (Å²) in [4.78, 5) is 25.9. The van der Waals surface area contributed by atoms with Crippen LogP contribution in [0.5, 0.6) is 0 Å². The van der Waals surface area contributed by atoms with Crippen molar-refractivity contribution in [2.45, 2.75) is 31.4 Å². The molecular weight excluding hydrogens is 439 g/mol. The lowest BCUT2D eigenvalue weighted by molar-refractivity contribution is -0.137. The molecule has 5 rings (SSSR count). The Kier molecular flexibility index (Phi) is 5.91. The molecule has 1 amide bonds. The highest BCUT2D eigenvalue weighted by molar-refractivity contribution is 5.85. The second kappa shape index (κ2) is 9.16. The predicted octanol–water partition coefficient (Wildman–Crippen LogP) is 2.64. The fourth-order valence-electron chi connectivity index (χ4n) is 3.96. The van der Waals surface area contributed by atoms with E-state index in [1.54, 1.807) is 23.0 Å². The lowest BCUT2D eigenvalue weighted by Gasteiger charge is -2.15. The minimum absolute atomic E-state index is 0.201. The van der Waals surface area contributed by atoms with Gasteiger partial charge in [0.25, 0.3) is 5.91 Å². The molecule has 0 unspecified atom stereocenters. The molecule has 34 heavy (non-hydrogen) atoms. The van der Waals surface area contributed by atoms with Crippen molar-refractivity contribution in [3.8, 4) is 11.4 Å². The van der Waals surface area contributed by atoms with Crippen LogP contribution in [0.2, 0.25) is 0 Å². The quantitative estimate of drug-likeness (QED) is 0.404. The zero-order valence-corrected chi connectivity index (χ0v) is 18.4. The molecule has 1 saturated heterocycles. The summed E-state index contributed by atoms with van der Waals surface area (Å²) in [5.41, 5.74) is 2.69. The third-order valence-corrected chi connectivity index (χ3v) is 5.74. The number of imidazole rings is 1. The SMILES string of the molecule is CNC(=O)[C@H]1O[C@@H](n2cnc3c(NCc4ccccc4)nc(-c4ccc(F)cc4)nc32)C[C@@H]1O. The fraction of sp³-hybridized carbons (Fsp3) is 0.250. The highest BCUT2D eigenvalue weighted by Gasteiger charge is 2.40. The van der Waals surface area contributed by atoms with E-state index in [9.17, 15) is 14.3 Å². The molecule has 3 heterocycles. The topological polar surface area (TPSA) is 114 Å². The van der Waals surface area contributed by atoms with Gasteiger partial charge in [0.05, 0.1) is 12.4 Å². The van der Waals surface area contributed by atoms with Crippen LogP contribution < -0.4 is 10.6 Å². The number of hydrogen-bond donors (Lipinski definition) is 3. The van der Waals surface area contributed by atoms with Gasteiger partial charge in [0.2, 0.25) is 0 Å². The number of rotatable bonds is 6.